The maximum absolute atomic E-state index is 6.06. The van der Waals surface area contributed by atoms with Crippen molar-refractivity contribution in [3.63, 3.8) is 0 Å². The van der Waals surface area contributed by atoms with Gasteiger partial charge in [0.1, 0.15) is 0 Å². The van der Waals surface area contributed by atoms with E-state index in [2.05, 4.69) is 16.0 Å². The second kappa shape index (κ2) is 4.55. The summed E-state index contributed by atoms with van der Waals surface area (Å²) in [5, 5.41) is 0. The normalized spacial score (nSPS) is 25.6. The predicted octanol–water partition coefficient (Wildman–Crippen LogP) is 2.82. The molecule has 2 N–H and O–H groups in total. The van der Waals surface area contributed by atoms with Gasteiger partial charge in [0, 0.05) is 18.8 Å². The zero-order chi connectivity index (χ0) is 11.7. The van der Waals surface area contributed by atoms with E-state index >= 15 is 0 Å². The molecule has 0 aromatic carbocycles. The van der Waals surface area contributed by atoms with Gasteiger partial charge in [-0.15, -0.1) is 0 Å². The Hall–Kier alpha value is -1.25. The third-order valence-corrected chi connectivity index (χ3v) is 4.38. The van der Waals surface area contributed by atoms with E-state index in [1.165, 1.54) is 44.2 Å². The van der Waals surface area contributed by atoms with Crippen molar-refractivity contribution in [3.8, 4) is 0 Å². The summed E-state index contributed by atoms with van der Waals surface area (Å²) in [5.41, 5.74) is 8.09. The Kier molecular flexibility index (Phi) is 2.91. The highest BCUT2D eigenvalue weighted by atomic mass is 15.2. The Labute approximate surface area is 103 Å². The number of nitrogen functional groups attached to an aromatic ring is 1. The number of aromatic nitrogens is 1. The van der Waals surface area contributed by atoms with Gasteiger partial charge < -0.3 is 10.6 Å². The predicted molar refractivity (Wildman–Crippen MR) is 71.0 cm³/mol. The number of nitrogens with two attached hydrogens (primary N) is 1. The molecule has 2 fully saturated rings. The number of pyridine rings is 1. The van der Waals surface area contributed by atoms with Crippen LogP contribution >= 0.6 is 0 Å². The Morgan fingerprint density at radius 2 is 2.00 bits per heavy atom. The highest BCUT2D eigenvalue weighted by Gasteiger charge is 2.33. The first-order chi connectivity index (χ1) is 8.36. The second-order valence-electron chi connectivity index (χ2n) is 5.38. The molecule has 92 valence electrons. The molecule has 17 heavy (non-hydrogen) atoms. The zero-order valence-electron chi connectivity index (χ0n) is 10.3. The number of anilines is 2. The van der Waals surface area contributed by atoms with Crippen LogP contribution in [-0.4, -0.2) is 17.6 Å². The van der Waals surface area contributed by atoms with Crippen LogP contribution in [0.25, 0.3) is 0 Å². The van der Waals surface area contributed by atoms with Gasteiger partial charge in [-0.3, -0.25) is 4.98 Å². The Balaban J connectivity index is 1.84. The summed E-state index contributed by atoms with van der Waals surface area (Å²) in [6.07, 6.45) is 11.9. The Morgan fingerprint density at radius 3 is 2.76 bits per heavy atom. The van der Waals surface area contributed by atoms with Crippen LogP contribution < -0.4 is 10.6 Å². The van der Waals surface area contributed by atoms with Gasteiger partial charge in [-0.2, -0.15) is 0 Å². The summed E-state index contributed by atoms with van der Waals surface area (Å²) in [7, 11) is 0. The molecule has 1 atom stereocenters. The van der Waals surface area contributed by atoms with Gasteiger partial charge in [0.2, 0.25) is 0 Å². The molecule has 1 aromatic rings. The van der Waals surface area contributed by atoms with Crippen LogP contribution in [0, 0.1) is 5.92 Å². The summed E-state index contributed by atoms with van der Waals surface area (Å²) < 4.78 is 0. The molecular formula is C14H21N3. The van der Waals surface area contributed by atoms with Crippen molar-refractivity contribution >= 4 is 11.4 Å². The van der Waals surface area contributed by atoms with Gasteiger partial charge in [0.05, 0.1) is 17.6 Å². The molecule has 0 amide bonds. The molecule has 0 spiro atoms. The van der Waals surface area contributed by atoms with Crippen LogP contribution in [0.5, 0.6) is 0 Å². The van der Waals surface area contributed by atoms with E-state index < -0.39 is 0 Å². The maximum atomic E-state index is 6.06. The van der Waals surface area contributed by atoms with E-state index in [4.69, 9.17) is 5.73 Å². The molecule has 1 unspecified atom stereocenters. The minimum absolute atomic E-state index is 0.724. The highest BCUT2D eigenvalue weighted by molar-refractivity contribution is 5.66. The van der Waals surface area contributed by atoms with Crippen LogP contribution in [0.2, 0.25) is 0 Å². The van der Waals surface area contributed by atoms with Crippen LogP contribution in [0.3, 0.4) is 0 Å². The van der Waals surface area contributed by atoms with Gasteiger partial charge in [0.25, 0.3) is 0 Å². The van der Waals surface area contributed by atoms with Crippen molar-refractivity contribution < 1.29 is 0 Å². The Morgan fingerprint density at radius 1 is 1.18 bits per heavy atom. The molecule has 0 radical (unpaired) electrons. The van der Waals surface area contributed by atoms with Crippen molar-refractivity contribution in [2.75, 3.05) is 17.2 Å². The third-order valence-electron chi connectivity index (χ3n) is 4.38. The van der Waals surface area contributed by atoms with Crippen molar-refractivity contribution in [1.82, 2.24) is 4.98 Å². The highest BCUT2D eigenvalue weighted by Crippen LogP contribution is 2.38. The fraction of sp³-hybridized carbons (Fsp3) is 0.643. The minimum Gasteiger partial charge on any atom is -0.396 e. The van der Waals surface area contributed by atoms with Gasteiger partial charge >= 0.3 is 0 Å². The summed E-state index contributed by atoms with van der Waals surface area (Å²) in [6, 6.07) is 2.80. The molecule has 1 aromatic heterocycles. The molecule has 1 saturated carbocycles. The Bertz CT molecular complexity index is 385. The zero-order valence-corrected chi connectivity index (χ0v) is 10.3. The number of nitrogens with zero attached hydrogens (tertiary/aromatic N) is 2. The molecule has 3 nitrogen and oxygen atoms in total. The van der Waals surface area contributed by atoms with Crippen LogP contribution in [0.15, 0.2) is 18.5 Å². The first kappa shape index (κ1) is 10.9. The minimum atomic E-state index is 0.724. The number of hydrogen-bond donors (Lipinski definition) is 1. The third kappa shape index (κ3) is 1.99. The molecule has 2 aliphatic rings. The van der Waals surface area contributed by atoms with Gasteiger partial charge in [-0.1, -0.05) is 12.8 Å². The van der Waals surface area contributed by atoms with E-state index in [-0.39, 0.29) is 0 Å². The monoisotopic (exact) mass is 231 g/mol. The van der Waals surface area contributed by atoms with Crippen molar-refractivity contribution in [2.45, 2.75) is 44.6 Å². The average molecular weight is 231 g/mol. The molecule has 1 saturated heterocycles. The molecule has 0 bridgehead atoms. The van der Waals surface area contributed by atoms with Gasteiger partial charge in [-0.05, 0) is 37.7 Å². The van der Waals surface area contributed by atoms with Crippen molar-refractivity contribution in [3.05, 3.63) is 18.5 Å². The summed E-state index contributed by atoms with van der Waals surface area (Å²) >= 11 is 0. The van der Waals surface area contributed by atoms with E-state index in [9.17, 15) is 0 Å². The quantitative estimate of drug-likeness (QED) is 0.851. The number of hydrogen-bond acceptors (Lipinski definition) is 3. The van der Waals surface area contributed by atoms with Crippen LogP contribution in [0.1, 0.15) is 38.5 Å². The topological polar surface area (TPSA) is 42.1 Å². The average Bonchev–Trinajstić information content (AvgIpc) is 3.00. The van der Waals surface area contributed by atoms with Crippen LogP contribution in [0.4, 0.5) is 11.4 Å². The first-order valence-corrected chi connectivity index (χ1v) is 6.82. The standard InChI is InChI=1S/C14H21N3/c15-12-10-16-8-7-14(12)17-9-3-6-13(17)11-4-1-2-5-11/h7-8,10-11,13H,1-6,9,15H2. The van der Waals surface area contributed by atoms with E-state index in [0.29, 0.717) is 0 Å². The lowest BCUT2D eigenvalue weighted by atomic mass is 9.95. The lowest BCUT2D eigenvalue weighted by Gasteiger charge is -2.32. The number of rotatable bonds is 2. The first-order valence-electron chi connectivity index (χ1n) is 6.82. The smallest absolute Gasteiger partial charge is 0.0738 e. The van der Waals surface area contributed by atoms with Crippen molar-refractivity contribution in [2.24, 2.45) is 5.92 Å². The molecule has 3 rings (SSSR count). The molecule has 3 heteroatoms. The van der Waals surface area contributed by atoms with E-state index in [1.807, 2.05) is 6.20 Å². The summed E-state index contributed by atoms with van der Waals surface area (Å²) in [4.78, 5) is 6.62. The lowest BCUT2D eigenvalue weighted by Crippen LogP contribution is -2.35. The largest absolute Gasteiger partial charge is 0.396 e. The fourth-order valence-corrected chi connectivity index (χ4v) is 3.58. The molecule has 2 heterocycles. The van der Waals surface area contributed by atoms with E-state index in [0.717, 1.165) is 24.2 Å². The maximum Gasteiger partial charge on any atom is 0.0738 e. The lowest BCUT2D eigenvalue weighted by molar-refractivity contribution is 0.431. The van der Waals surface area contributed by atoms with Gasteiger partial charge in [0.15, 0.2) is 0 Å². The van der Waals surface area contributed by atoms with Crippen LogP contribution in [-0.2, 0) is 0 Å². The van der Waals surface area contributed by atoms with E-state index in [1.54, 1.807) is 6.20 Å². The molecule has 1 aliphatic heterocycles. The SMILES string of the molecule is Nc1cnccc1N1CCCC1C1CCCC1. The summed E-state index contributed by atoms with van der Waals surface area (Å²) in [5.74, 6) is 0.894. The van der Waals surface area contributed by atoms with Gasteiger partial charge in [-0.25, -0.2) is 0 Å². The fourth-order valence-electron chi connectivity index (χ4n) is 3.58. The second-order valence-corrected chi connectivity index (χ2v) is 5.38. The van der Waals surface area contributed by atoms with Crippen molar-refractivity contribution in [1.29, 1.82) is 0 Å². The molecular weight excluding hydrogens is 210 g/mol. The molecule has 1 aliphatic carbocycles. The summed E-state index contributed by atoms with van der Waals surface area (Å²) in [6.45, 7) is 1.16.